The monoisotopic (exact) mass is 984 g/mol. The number of aliphatic hydroxyl groups excluding tert-OH is 2. The lowest BCUT2D eigenvalue weighted by Crippen LogP contribution is -2.45. The number of carbonyl (C=O) groups is 2. The van der Waals surface area contributed by atoms with Gasteiger partial charge in [-0.05, 0) is 57.8 Å². The molecule has 0 bridgehead atoms. The average molecular weight is 985 g/mol. The van der Waals surface area contributed by atoms with Crippen molar-refractivity contribution in [2.45, 2.75) is 347 Å². The first-order chi connectivity index (χ1) is 34.5. The van der Waals surface area contributed by atoms with Crippen molar-refractivity contribution in [2.24, 2.45) is 0 Å². The molecule has 0 radical (unpaired) electrons. The van der Waals surface area contributed by atoms with E-state index in [1.807, 2.05) is 6.08 Å². The van der Waals surface area contributed by atoms with E-state index < -0.39 is 12.1 Å². The minimum Gasteiger partial charge on any atom is -0.466 e. The number of carbonyl (C=O) groups excluding carboxylic acids is 2. The third-order valence-corrected chi connectivity index (χ3v) is 14.4. The van der Waals surface area contributed by atoms with Gasteiger partial charge in [0, 0.05) is 12.8 Å². The highest BCUT2D eigenvalue weighted by atomic mass is 16.5. The highest BCUT2D eigenvalue weighted by Crippen LogP contribution is 2.18. The largest absolute Gasteiger partial charge is 0.466 e. The van der Waals surface area contributed by atoms with Crippen molar-refractivity contribution in [3.8, 4) is 0 Å². The van der Waals surface area contributed by atoms with Gasteiger partial charge in [0.15, 0.2) is 0 Å². The average Bonchev–Trinajstić information content (AvgIpc) is 3.36. The van der Waals surface area contributed by atoms with Crippen LogP contribution in [0, 0.1) is 0 Å². The fourth-order valence-electron chi connectivity index (χ4n) is 9.59. The summed E-state index contributed by atoms with van der Waals surface area (Å²) in [6, 6.07) is -0.630. The second-order valence-electron chi connectivity index (χ2n) is 21.4. The Morgan fingerprint density at radius 3 is 1.13 bits per heavy atom. The summed E-state index contributed by atoms with van der Waals surface area (Å²) in [4.78, 5) is 24.5. The number of unbranched alkanes of at least 4 members (excludes halogenated alkanes) is 43. The van der Waals surface area contributed by atoms with E-state index >= 15 is 0 Å². The molecule has 0 aliphatic rings. The van der Waals surface area contributed by atoms with Crippen molar-refractivity contribution in [1.82, 2.24) is 5.32 Å². The molecule has 70 heavy (non-hydrogen) atoms. The molecule has 6 heteroatoms. The summed E-state index contributed by atoms with van der Waals surface area (Å²) >= 11 is 0. The van der Waals surface area contributed by atoms with Gasteiger partial charge in [-0.25, -0.2) is 0 Å². The van der Waals surface area contributed by atoms with Crippen LogP contribution in [0.3, 0.4) is 0 Å². The third kappa shape index (κ3) is 55.4. The molecule has 0 fully saturated rings. The van der Waals surface area contributed by atoms with Gasteiger partial charge in [-0.15, -0.1) is 0 Å². The molecular formula is C64H121NO5. The molecule has 6 nitrogen and oxygen atoms in total. The van der Waals surface area contributed by atoms with Crippen LogP contribution in [0.5, 0.6) is 0 Å². The number of hydrogen-bond donors (Lipinski definition) is 3. The normalized spacial score (nSPS) is 12.8. The Kier molecular flexibility index (Phi) is 58.0. The molecule has 412 valence electrons. The van der Waals surface area contributed by atoms with Gasteiger partial charge in [-0.1, -0.05) is 301 Å². The summed E-state index contributed by atoms with van der Waals surface area (Å²) in [6.45, 7) is 4.87. The zero-order valence-electron chi connectivity index (χ0n) is 47.0. The van der Waals surface area contributed by atoms with Crippen molar-refractivity contribution in [3.05, 3.63) is 36.5 Å². The zero-order chi connectivity index (χ0) is 50.7. The molecule has 2 unspecified atom stereocenters. The van der Waals surface area contributed by atoms with Crippen LogP contribution in [-0.4, -0.2) is 47.4 Å². The van der Waals surface area contributed by atoms with Gasteiger partial charge in [-0.3, -0.25) is 9.59 Å². The molecule has 3 N–H and O–H groups in total. The maximum absolute atomic E-state index is 12.5. The fraction of sp³-hybridized carbons (Fsp3) is 0.875. The maximum Gasteiger partial charge on any atom is 0.305 e. The van der Waals surface area contributed by atoms with Crippen molar-refractivity contribution in [1.29, 1.82) is 0 Å². The van der Waals surface area contributed by atoms with Crippen molar-refractivity contribution >= 4 is 11.9 Å². The van der Waals surface area contributed by atoms with Crippen LogP contribution in [-0.2, 0) is 14.3 Å². The summed E-state index contributed by atoms with van der Waals surface area (Å²) in [5, 5.41) is 23.2. The van der Waals surface area contributed by atoms with E-state index in [9.17, 15) is 19.8 Å². The van der Waals surface area contributed by atoms with Crippen molar-refractivity contribution < 1.29 is 24.5 Å². The molecule has 0 aromatic heterocycles. The number of amides is 1. The fourth-order valence-corrected chi connectivity index (χ4v) is 9.59. The SMILES string of the molecule is CCCC/C=C\C/C=C\CCCCCCCC(=O)OCCCCCCCCCCCCCCCCCCCCCCC(=O)NC(CO)C(O)/C=C/CCCCCCCCCCCCCCCCCCC. The zero-order valence-corrected chi connectivity index (χ0v) is 47.0. The lowest BCUT2D eigenvalue weighted by molar-refractivity contribution is -0.143. The van der Waals surface area contributed by atoms with E-state index in [1.54, 1.807) is 6.08 Å². The standard InChI is InChI=1S/C64H121NO5/c1-3-5-7-9-11-13-15-17-19-20-23-26-29-32-36-40-44-48-52-56-62(67)61(60-66)65-63(68)57-53-49-45-41-37-33-30-27-24-21-22-25-28-31-35-39-43-47-51-55-59-70-64(69)58-54-50-46-42-38-34-18-16-14-12-10-8-6-4-2/h10,12,16,18,52,56,61-62,66-67H,3-9,11,13-15,17,19-51,53-55,57-60H2,1-2H3,(H,65,68)/b12-10-,18-16-,56-52+. The Morgan fingerprint density at radius 2 is 0.729 bits per heavy atom. The van der Waals surface area contributed by atoms with Gasteiger partial charge < -0.3 is 20.3 Å². The third-order valence-electron chi connectivity index (χ3n) is 14.4. The number of aliphatic hydroxyl groups is 2. The summed E-state index contributed by atoms with van der Waals surface area (Å²) in [5.41, 5.74) is 0. The molecule has 0 rings (SSSR count). The lowest BCUT2D eigenvalue weighted by atomic mass is 10.0. The molecule has 0 saturated heterocycles. The van der Waals surface area contributed by atoms with Gasteiger partial charge in [0.25, 0.3) is 0 Å². The lowest BCUT2D eigenvalue weighted by Gasteiger charge is -2.20. The van der Waals surface area contributed by atoms with Gasteiger partial charge in [-0.2, -0.15) is 0 Å². The van der Waals surface area contributed by atoms with Gasteiger partial charge in [0.05, 0.1) is 25.4 Å². The Balaban J connectivity index is 3.43. The van der Waals surface area contributed by atoms with Crippen LogP contribution in [0.1, 0.15) is 335 Å². The Hall–Kier alpha value is -1.92. The summed E-state index contributed by atoms with van der Waals surface area (Å²) in [5.74, 6) is -0.0724. The van der Waals surface area contributed by atoms with Crippen LogP contribution in [0.4, 0.5) is 0 Å². The van der Waals surface area contributed by atoms with Crippen LogP contribution >= 0.6 is 0 Å². The van der Waals surface area contributed by atoms with Gasteiger partial charge in [0.2, 0.25) is 5.91 Å². The van der Waals surface area contributed by atoms with E-state index in [0.717, 1.165) is 51.4 Å². The molecule has 0 aliphatic carbocycles. The number of nitrogens with one attached hydrogen (secondary N) is 1. The molecule has 0 heterocycles. The van der Waals surface area contributed by atoms with E-state index in [4.69, 9.17) is 4.74 Å². The molecule has 0 spiro atoms. The number of allylic oxidation sites excluding steroid dienone is 5. The highest BCUT2D eigenvalue weighted by Gasteiger charge is 2.18. The van der Waals surface area contributed by atoms with E-state index in [2.05, 4.69) is 43.5 Å². The van der Waals surface area contributed by atoms with Gasteiger partial charge >= 0.3 is 5.97 Å². The van der Waals surface area contributed by atoms with Gasteiger partial charge in [0.1, 0.15) is 0 Å². The second kappa shape index (κ2) is 59.6. The highest BCUT2D eigenvalue weighted by molar-refractivity contribution is 5.76. The first-order valence-corrected chi connectivity index (χ1v) is 31.3. The predicted octanol–water partition coefficient (Wildman–Crippen LogP) is 19.6. The molecule has 1 amide bonds. The van der Waals surface area contributed by atoms with Crippen molar-refractivity contribution in [2.75, 3.05) is 13.2 Å². The quantitative estimate of drug-likeness (QED) is 0.0321. The first-order valence-electron chi connectivity index (χ1n) is 31.3. The topological polar surface area (TPSA) is 95.9 Å². The summed E-state index contributed by atoms with van der Waals surface area (Å²) in [7, 11) is 0. The van der Waals surface area contributed by atoms with Crippen LogP contribution in [0.15, 0.2) is 36.5 Å². The van der Waals surface area contributed by atoms with E-state index in [-0.39, 0.29) is 18.5 Å². The Labute approximate surface area is 436 Å². The second-order valence-corrected chi connectivity index (χ2v) is 21.4. The molecule has 0 aromatic carbocycles. The molecule has 0 saturated carbocycles. The summed E-state index contributed by atoms with van der Waals surface area (Å²) < 4.78 is 5.47. The molecule has 0 aromatic rings. The van der Waals surface area contributed by atoms with E-state index in [0.29, 0.717) is 19.4 Å². The molecule has 2 atom stereocenters. The van der Waals surface area contributed by atoms with Crippen LogP contribution in [0.25, 0.3) is 0 Å². The molecular weight excluding hydrogens is 863 g/mol. The number of hydrogen-bond acceptors (Lipinski definition) is 5. The van der Waals surface area contributed by atoms with Crippen LogP contribution in [0.2, 0.25) is 0 Å². The number of ether oxygens (including phenoxy) is 1. The minimum absolute atomic E-state index is 0.00456. The number of esters is 1. The number of rotatable bonds is 58. The minimum atomic E-state index is -0.847. The van der Waals surface area contributed by atoms with Crippen molar-refractivity contribution in [3.63, 3.8) is 0 Å². The van der Waals surface area contributed by atoms with Crippen LogP contribution < -0.4 is 5.32 Å². The summed E-state index contributed by atoms with van der Waals surface area (Å²) in [6.07, 6.45) is 74.6. The predicted molar refractivity (Wildman–Crippen MR) is 306 cm³/mol. The smallest absolute Gasteiger partial charge is 0.305 e. The molecule has 0 aliphatic heterocycles. The van der Waals surface area contributed by atoms with E-state index in [1.165, 1.54) is 257 Å². The Morgan fingerprint density at radius 1 is 0.400 bits per heavy atom. The Bertz CT molecular complexity index is 1130. The maximum atomic E-state index is 12.5. The first kappa shape index (κ1) is 68.1.